The van der Waals surface area contributed by atoms with E-state index in [9.17, 15) is 9.90 Å². The zero-order valence-electron chi connectivity index (χ0n) is 14.9. The first kappa shape index (κ1) is 22.8. The molecule has 0 aliphatic carbocycles. The van der Waals surface area contributed by atoms with Crippen LogP contribution in [-0.2, 0) is 0 Å². The van der Waals surface area contributed by atoms with Gasteiger partial charge in [-0.25, -0.2) is 0 Å². The average Bonchev–Trinajstić information content (AvgIpc) is 2.55. The Morgan fingerprint density at radius 1 is 0.913 bits per heavy atom. The third-order valence-electron chi connectivity index (χ3n) is 3.73. The fraction of sp³-hybridized carbons (Fsp3) is 0.632. The smallest absolute Gasteiger partial charge is 0.0715 e. The molecular formula is C19H31ClO2Sn. The van der Waals surface area contributed by atoms with Crippen molar-refractivity contribution in [3.05, 3.63) is 34.9 Å². The van der Waals surface area contributed by atoms with Crippen molar-refractivity contribution in [1.82, 2.24) is 0 Å². The second kappa shape index (κ2) is 15.3. The van der Waals surface area contributed by atoms with Crippen LogP contribution in [0.25, 0.3) is 0 Å². The van der Waals surface area contributed by atoms with E-state index in [1.54, 1.807) is 13.3 Å². The number of hydrogen-bond donors (Lipinski definition) is 0. The van der Waals surface area contributed by atoms with Crippen molar-refractivity contribution in [2.75, 3.05) is 0 Å². The molecule has 0 saturated carbocycles. The number of benzene rings is 1. The van der Waals surface area contributed by atoms with Crippen LogP contribution in [0.2, 0.25) is 18.3 Å². The molecule has 0 aromatic heterocycles. The number of carboxylic acid groups (broad SMARTS) is 1. The van der Waals surface area contributed by atoms with Crippen molar-refractivity contribution in [1.29, 1.82) is 0 Å². The van der Waals surface area contributed by atoms with Crippen LogP contribution in [0.1, 0.15) is 69.7 Å². The van der Waals surface area contributed by atoms with E-state index < -0.39 is 25.7 Å². The van der Waals surface area contributed by atoms with Crippen LogP contribution in [0, 0.1) is 0 Å². The molecule has 0 atom stereocenters. The summed E-state index contributed by atoms with van der Waals surface area (Å²) in [6.07, 6.45) is 8.85. The molecule has 130 valence electrons. The number of rotatable bonds is 10. The van der Waals surface area contributed by atoms with Gasteiger partial charge in [-0.3, -0.25) is 0 Å². The van der Waals surface area contributed by atoms with E-state index in [0.717, 1.165) is 0 Å². The number of carbonyl (C=O) groups is 1. The topological polar surface area (TPSA) is 40.1 Å². The molecule has 1 aromatic rings. The number of aromatic carboxylic acids is 1. The molecule has 0 spiro atoms. The van der Waals surface area contributed by atoms with Gasteiger partial charge in [0.1, 0.15) is 0 Å². The third-order valence-corrected chi connectivity index (χ3v) is 13.1. The van der Waals surface area contributed by atoms with Gasteiger partial charge in [-0.05, 0) is 17.7 Å². The SMILES string of the molecule is CCC[CH2][Sn+]([CH2]CCC)[CH2]CCC.O=C([O-])c1ccc(Cl)cc1. The summed E-state index contributed by atoms with van der Waals surface area (Å²) in [4.78, 5) is 10.2. The number of unbranched alkanes of at least 4 members (excludes halogenated alkanes) is 3. The number of halogens is 1. The maximum atomic E-state index is 10.2. The fourth-order valence-corrected chi connectivity index (χ4v) is 11.8. The van der Waals surface area contributed by atoms with Crippen molar-refractivity contribution in [2.24, 2.45) is 0 Å². The Labute approximate surface area is 154 Å². The van der Waals surface area contributed by atoms with Gasteiger partial charge in [-0.15, -0.1) is 0 Å². The Morgan fingerprint density at radius 3 is 1.61 bits per heavy atom. The minimum atomic E-state index is -1.18. The van der Waals surface area contributed by atoms with E-state index in [1.165, 1.54) is 62.8 Å². The average molecular weight is 446 g/mol. The van der Waals surface area contributed by atoms with Gasteiger partial charge < -0.3 is 9.90 Å². The van der Waals surface area contributed by atoms with Crippen LogP contribution < -0.4 is 5.11 Å². The van der Waals surface area contributed by atoms with Crippen LogP contribution >= 0.6 is 11.6 Å². The fourth-order valence-electron chi connectivity index (χ4n) is 2.24. The molecule has 0 N–H and O–H groups in total. The Bertz CT molecular complexity index is 387. The van der Waals surface area contributed by atoms with E-state index in [-0.39, 0.29) is 5.56 Å². The molecule has 1 rings (SSSR count). The van der Waals surface area contributed by atoms with Crippen LogP contribution in [0.5, 0.6) is 0 Å². The molecule has 0 amide bonds. The first-order chi connectivity index (χ1) is 11.0. The second-order valence-corrected chi connectivity index (χ2v) is 14.9. The summed E-state index contributed by atoms with van der Waals surface area (Å²) >= 11 is 4.66. The van der Waals surface area contributed by atoms with Crippen molar-refractivity contribution in [3.63, 3.8) is 0 Å². The quantitative estimate of drug-likeness (QED) is 0.441. The predicted molar refractivity (Wildman–Crippen MR) is 101 cm³/mol. The van der Waals surface area contributed by atoms with E-state index in [4.69, 9.17) is 11.6 Å². The van der Waals surface area contributed by atoms with Gasteiger partial charge >= 0.3 is 92.4 Å². The Kier molecular flexibility index (Phi) is 15.2. The summed E-state index contributed by atoms with van der Waals surface area (Å²) in [6.45, 7) is 7.00. The molecule has 23 heavy (non-hydrogen) atoms. The molecule has 0 saturated heterocycles. The van der Waals surface area contributed by atoms with E-state index in [1.807, 2.05) is 0 Å². The van der Waals surface area contributed by atoms with Crippen LogP contribution in [0.15, 0.2) is 24.3 Å². The normalized spacial score (nSPS) is 9.91. The predicted octanol–water partition coefficient (Wildman–Crippen LogP) is 5.59. The van der Waals surface area contributed by atoms with Gasteiger partial charge in [0.15, 0.2) is 0 Å². The molecule has 1 aromatic carbocycles. The van der Waals surface area contributed by atoms with E-state index >= 15 is 0 Å². The van der Waals surface area contributed by atoms with Crippen LogP contribution in [0.3, 0.4) is 0 Å². The molecule has 0 aliphatic rings. The van der Waals surface area contributed by atoms with E-state index in [2.05, 4.69) is 20.8 Å². The van der Waals surface area contributed by atoms with Crippen molar-refractivity contribution < 1.29 is 9.90 Å². The summed E-state index contributed by atoms with van der Waals surface area (Å²) < 4.78 is 5.04. The second-order valence-electron chi connectivity index (χ2n) is 5.86. The minimum absolute atomic E-state index is 0.143. The van der Waals surface area contributed by atoms with Crippen LogP contribution in [-0.4, -0.2) is 25.7 Å². The number of hydrogen-bond acceptors (Lipinski definition) is 2. The zero-order chi connectivity index (χ0) is 17.5. The molecule has 0 fully saturated rings. The molecule has 0 aliphatic heterocycles. The maximum absolute atomic E-state index is 10.2. The molecule has 0 heterocycles. The largest absolute Gasteiger partial charge is 0.545 e. The van der Waals surface area contributed by atoms with Gasteiger partial charge in [-0.1, -0.05) is 23.7 Å². The maximum Gasteiger partial charge on any atom is 0.0715 e. The summed E-state index contributed by atoms with van der Waals surface area (Å²) in [7, 11) is 0. The Hall–Kier alpha value is -0.221. The minimum Gasteiger partial charge on any atom is -0.545 e. The Morgan fingerprint density at radius 2 is 1.30 bits per heavy atom. The third kappa shape index (κ3) is 12.8. The Balaban J connectivity index is 0.000000433. The molecule has 0 bridgehead atoms. The first-order valence-electron chi connectivity index (χ1n) is 8.85. The molecule has 2 nitrogen and oxygen atoms in total. The summed E-state index contributed by atoms with van der Waals surface area (Å²) in [5, 5.41) is 10.7. The molecular weight excluding hydrogens is 414 g/mol. The van der Waals surface area contributed by atoms with Crippen LogP contribution in [0.4, 0.5) is 0 Å². The zero-order valence-corrected chi connectivity index (χ0v) is 18.5. The molecule has 0 unspecified atom stereocenters. The van der Waals surface area contributed by atoms with Gasteiger partial charge in [0.2, 0.25) is 0 Å². The van der Waals surface area contributed by atoms with Crippen molar-refractivity contribution in [3.8, 4) is 0 Å². The van der Waals surface area contributed by atoms with E-state index in [0.29, 0.717) is 5.02 Å². The number of carbonyl (C=O) groups excluding carboxylic acids is 1. The van der Waals surface area contributed by atoms with Gasteiger partial charge in [0.25, 0.3) is 0 Å². The summed E-state index contributed by atoms with van der Waals surface area (Å²) in [5.74, 6) is -1.18. The van der Waals surface area contributed by atoms with Gasteiger partial charge in [0.05, 0.1) is 5.97 Å². The summed E-state index contributed by atoms with van der Waals surface area (Å²) in [6, 6.07) is 5.81. The van der Waals surface area contributed by atoms with Crippen molar-refractivity contribution in [2.45, 2.75) is 72.6 Å². The van der Waals surface area contributed by atoms with Crippen molar-refractivity contribution >= 4 is 37.3 Å². The van der Waals surface area contributed by atoms with Gasteiger partial charge in [0, 0.05) is 5.02 Å². The summed E-state index contributed by atoms with van der Waals surface area (Å²) in [5.41, 5.74) is 0.143. The first-order valence-corrected chi connectivity index (χ1v) is 15.3. The standard InChI is InChI=1S/C7H5ClO2.3C4H9.Sn/c8-6-3-1-5(2-4-6)7(9)10;3*1-3-4-2;/h1-4H,(H,9,10);3*1,3-4H2,2H3;/q;;;;+1/p-1. The molecule has 4 heteroatoms. The molecule has 0 radical (unpaired) electrons. The monoisotopic (exact) mass is 446 g/mol. The number of carboxylic acids is 1. The van der Waals surface area contributed by atoms with Gasteiger partial charge in [-0.2, -0.15) is 0 Å².